The zero-order valence-electron chi connectivity index (χ0n) is 13.5. The third kappa shape index (κ3) is 4.10. The quantitative estimate of drug-likeness (QED) is 0.853. The lowest BCUT2D eigenvalue weighted by Crippen LogP contribution is -2.40. The number of rotatable bonds is 2. The van der Waals surface area contributed by atoms with Gasteiger partial charge in [0.05, 0.1) is 11.7 Å². The Balaban J connectivity index is 1.94. The van der Waals surface area contributed by atoms with Crippen LogP contribution in [0.4, 0.5) is 16.3 Å². The number of hydrogen-bond donors (Lipinski definition) is 1. The number of nitrogens with zero attached hydrogens (tertiary/aromatic N) is 3. The van der Waals surface area contributed by atoms with Gasteiger partial charge in [0.1, 0.15) is 11.8 Å². The van der Waals surface area contributed by atoms with E-state index >= 15 is 0 Å². The van der Waals surface area contributed by atoms with Gasteiger partial charge in [0.15, 0.2) is 0 Å². The van der Waals surface area contributed by atoms with Crippen LogP contribution >= 0.6 is 0 Å². The van der Waals surface area contributed by atoms with Gasteiger partial charge < -0.3 is 19.8 Å². The van der Waals surface area contributed by atoms with E-state index < -0.39 is 5.60 Å². The van der Waals surface area contributed by atoms with Crippen LogP contribution < -0.4 is 10.2 Å². The largest absolute Gasteiger partial charge is 0.444 e. The average molecular weight is 302 g/mol. The molecule has 6 nitrogen and oxygen atoms in total. The summed E-state index contributed by atoms with van der Waals surface area (Å²) >= 11 is 0. The number of aryl methyl sites for hydroxylation is 1. The molecule has 0 aromatic carbocycles. The first-order valence-corrected chi connectivity index (χ1v) is 7.37. The van der Waals surface area contributed by atoms with Crippen molar-refractivity contribution >= 4 is 17.6 Å². The van der Waals surface area contributed by atoms with Crippen molar-refractivity contribution in [2.24, 2.45) is 0 Å². The van der Waals surface area contributed by atoms with Crippen LogP contribution in [-0.4, -0.2) is 35.8 Å². The molecule has 22 heavy (non-hydrogen) atoms. The van der Waals surface area contributed by atoms with Crippen molar-refractivity contribution in [1.29, 1.82) is 0 Å². The molecule has 1 aliphatic heterocycles. The Morgan fingerprint density at radius 3 is 2.86 bits per heavy atom. The zero-order valence-corrected chi connectivity index (χ0v) is 13.5. The molecule has 1 aromatic heterocycles. The summed E-state index contributed by atoms with van der Waals surface area (Å²) in [5.41, 5.74) is 1.37. The van der Waals surface area contributed by atoms with E-state index in [1.165, 1.54) is 0 Å². The molecular weight excluding hydrogens is 280 g/mol. The van der Waals surface area contributed by atoms with E-state index in [0.717, 1.165) is 30.8 Å². The summed E-state index contributed by atoms with van der Waals surface area (Å²) < 4.78 is 5.28. The summed E-state index contributed by atoms with van der Waals surface area (Å²) in [4.78, 5) is 21.5. The zero-order chi connectivity index (χ0) is 16.3. The van der Waals surface area contributed by atoms with Gasteiger partial charge >= 0.3 is 6.09 Å². The van der Waals surface area contributed by atoms with Crippen LogP contribution in [0.2, 0.25) is 0 Å². The highest BCUT2D eigenvalue weighted by atomic mass is 16.6. The molecule has 1 amide bonds. The smallest absolute Gasteiger partial charge is 0.407 e. The molecule has 0 bridgehead atoms. The van der Waals surface area contributed by atoms with E-state index in [1.54, 1.807) is 6.20 Å². The number of anilines is 1. The molecule has 1 fully saturated rings. The molecule has 0 radical (unpaired) electrons. The normalized spacial score (nSPS) is 18.0. The number of hydrogen-bond acceptors (Lipinski definition) is 4. The molecule has 118 valence electrons. The Morgan fingerprint density at radius 2 is 2.27 bits per heavy atom. The highest BCUT2D eigenvalue weighted by Crippen LogP contribution is 2.24. The minimum Gasteiger partial charge on any atom is -0.444 e. The molecule has 1 atom stereocenters. The van der Waals surface area contributed by atoms with Gasteiger partial charge in [0.25, 0.3) is 5.82 Å². The molecule has 6 heteroatoms. The second-order valence-corrected chi connectivity index (χ2v) is 6.52. The van der Waals surface area contributed by atoms with Crippen LogP contribution in [0.3, 0.4) is 0 Å². The van der Waals surface area contributed by atoms with Crippen molar-refractivity contribution in [1.82, 2.24) is 10.3 Å². The Labute approximate surface area is 131 Å². The van der Waals surface area contributed by atoms with Gasteiger partial charge in [-0.25, -0.2) is 4.79 Å². The minimum atomic E-state index is -0.487. The maximum absolute atomic E-state index is 11.8. The Kier molecular flexibility index (Phi) is 4.55. The molecule has 0 spiro atoms. The monoisotopic (exact) mass is 302 g/mol. The maximum atomic E-state index is 11.8. The Hall–Kier alpha value is -2.29. The highest BCUT2D eigenvalue weighted by molar-refractivity contribution is 5.68. The first-order valence-electron chi connectivity index (χ1n) is 7.37. The first kappa shape index (κ1) is 16.1. The van der Waals surface area contributed by atoms with Gasteiger partial charge in [-0.2, -0.15) is 0 Å². The van der Waals surface area contributed by atoms with Gasteiger partial charge in [-0.1, -0.05) is 6.57 Å². The van der Waals surface area contributed by atoms with Gasteiger partial charge in [-0.15, -0.1) is 4.98 Å². The SMILES string of the molecule is [C-]#[N+]c1ncc(N2CC[C@@H](NC(=O)OC(C)(C)C)C2)cc1C. The van der Waals surface area contributed by atoms with Crippen molar-refractivity contribution in [3.8, 4) is 0 Å². The number of pyridine rings is 1. The van der Waals surface area contributed by atoms with Gasteiger partial charge in [0, 0.05) is 13.1 Å². The van der Waals surface area contributed by atoms with Crippen LogP contribution in [0.5, 0.6) is 0 Å². The molecule has 0 saturated carbocycles. The summed E-state index contributed by atoms with van der Waals surface area (Å²) in [7, 11) is 0. The summed E-state index contributed by atoms with van der Waals surface area (Å²) in [6.45, 7) is 16.0. The number of aromatic nitrogens is 1. The summed E-state index contributed by atoms with van der Waals surface area (Å²) in [6.07, 6.45) is 2.20. The molecule has 2 rings (SSSR count). The molecule has 0 unspecified atom stereocenters. The first-order chi connectivity index (χ1) is 10.3. The second kappa shape index (κ2) is 6.22. The van der Waals surface area contributed by atoms with Crippen LogP contribution in [0.25, 0.3) is 4.85 Å². The summed E-state index contributed by atoms with van der Waals surface area (Å²) in [6, 6.07) is 2.03. The van der Waals surface area contributed by atoms with Crippen molar-refractivity contribution in [2.45, 2.75) is 45.8 Å². The number of carbonyl (C=O) groups is 1. The van der Waals surface area contributed by atoms with Crippen molar-refractivity contribution in [3.05, 3.63) is 29.2 Å². The van der Waals surface area contributed by atoms with Gasteiger partial charge in [-0.05, 0) is 45.7 Å². The molecule has 1 aromatic rings. The van der Waals surface area contributed by atoms with Crippen LogP contribution in [0.1, 0.15) is 32.8 Å². The fourth-order valence-corrected chi connectivity index (χ4v) is 2.43. The van der Waals surface area contributed by atoms with Crippen LogP contribution in [0, 0.1) is 13.5 Å². The third-order valence-electron chi connectivity index (χ3n) is 3.42. The minimum absolute atomic E-state index is 0.0655. The lowest BCUT2D eigenvalue weighted by Gasteiger charge is -2.22. The number of amides is 1. The highest BCUT2D eigenvalue weighted by Gasteiger charge is 2.27. The summed E-state index contributed by atoms with van der Waals surface area (Å²) in [5, 5.41) is 2.90. The van der Waals surface area contributed by atoms with E-state index in [4.69, 9.17) is 11.3 Å². The fraction of sp³-hybridized carbons (Fsp3) is 0.562. The molecule has 1 aliphatic rings. The average Bonchev–Trinajstić information content (AvgIpc) is 2.84. The topological polar surface area (TPSA) is 58.8 Å². The molecule has 1 N–H and O–H groups in total. The molecule has 0 aliphatic carbocycles. The van der Waals surface area contributed by atoms with E-state index in [1.807, 2.05) is 33.8 Å². The van der Waals surface area contributed by atoms with Crippen molar-refractivity contribution < 1.29 is 9.53 Å². The second-order valence-electron chi connectivity index (χ2n) is 6.52. The predicted molar refractivity (Wildman–Crippen MR) is 85.2 cm³/mol. The standard InChI is InChI=1S/C16H22N4O2/c1-11-8-13(9-18-14(11)17-5)20-7-6-12(10-20)19-15(21)22-16(2,3)4/h8-9,12H,6-7,10H2,1-4H3,(H,19,21)/t12-/m1/s1. The predicted octanol–water partition coefficient (Wildman–Crippen LogP) is 3.04. The maximum Gasteiger partial charge on any atom is 0.407 e. The van der Waals surface area contributed by atoms with Gasteiger partial charge in [0.2, 0.25) is 0 Å². The van der Waals surface area contributed by atoms with Crippen LogP contribution in [-0.2, 0) is 4.74 Å². The van der Waals surface area contributed by atoms with Crippen LogP contribution in [0.15, 0.2) is 12.3 Å². The summed E-state index contributed by atoms with van der Waals surface area (Å²) in [5.74, 6) is 0.436. The lowest BCUT2D eigenvalue weighted by atomic mass is 10.2. The number of nitrogens with one attached hydrogen (secondary N) is 1. The van der Waals surface area contributed by atoms with E-state index in [0.29, 0.717) is 5.82 Å². The van der Waals surface area contributed by atoms with Crippen molar-refractivity contribution in [3.63, 3.8) is 0 Å². The van der Waals surface area contributed by atoms with Gasteiger partial charge in [-0.3, -0.25) is 0 Å². The molecule has 1 saturated heterocycles. The van der Waals surface area contributed by atoms with E-state index in [2.05, 4.69) is 20.0 Å². The van der Waals surface area contributed by atoms with E-state index in [-0.39, 0.29) is 12.1 Å². The molecule has 2 heterocycles. The Bertz CT molecular complexity index is 601. The lowest BCUT2D eigenvalue weighted by molar-refractivity contribution is 0.0509. The number of alkyl carbamates (subject to hydrolysis) is 1. The fourth-order valence-electron chi connectivity index (χ4n) is 2.43. The Morgan fingerprint density at radius 1 is 1.55 bits per heavy atom. The number of ether oxygens (including phenoxy) is 1. The van der Waals surface area contributed by atoms with Crippen molar-refractivity contribution in [2.75, 3.05) is 18.0 Å². The van der Waals surface area contributed by atoms with E-state index in [9.17, 15) is 4.79 Å². The third-order valence-corrected chi connectivity index (χ3v) is 3.42. The number of carbonyl (C=O) groups excluding carboxylic acids is 1. The molecular formula is C16H22N4O2.